The molecule has 2 unspecified atom stereocenters. The summed E-state index contributed by atoms with van der Waals surface area (Å²) in [6.07, 6.45) is 4.53. The minimum Gasteiger partial charge on any atom is -0.493 e. The molecule has 0 fully saturated rings. The van der Waals surface area contributed by atoms with E-state index in [1.54, 1.807) is 6.20 Å². The molecule has 6 heteroatoms. The number of benzene rings is 2. The first kappa shape index (κ1) is 20.6. The molecule has 158 valence electrons. The number of nitrogens with zero attached hydrogens (tertiary/aromatic N) is 2. The fourth-order valence-electron chi connectivity index (χ4n) is 3.85. The summed E-state index contributed by atoms with van der Waals surface area (Å²) >= 11 is 0. The van der Waals surface area contributed by atoms with Gasteiger partial charge in [0.15, 0.2) is 0 Å². The Morgan fingerprint density at radius 1 is 1.10 bits per heavy atom. The number of hydrogen-bond donors (Lipinski definition) is 2. The second-order valence-corrected chi connectivity index (χ2v) is 7.48. The molecule has 0 saturated carbocycles. The summed E-state index contributed by atoms with van der Waals surface area (Å²) in [7, 11) is 0. The number of aliphatic imine (C=N–C) groups is 1. The van der Waals surface area contributed by atoms with Crippen LogP contribution in [0.25, 0.3) is 0 Å². The van der Waals surface area contributed by atoms with E-state index in [0.717, 1.165) is 41.3 Å². The Kier molecular flexibility index (Phi) is 6.57. The van der Waals surface area contributed by atoms with Crippen molar-refractivity contribution in [2.45, 2.75) is 24.7 Å². The second kappa shape index (κ2) is 9.89. The number of rotatable bonds is 10. The Bertz CT molecular complexity index is 1040. The topological polar surface area (TPSA) is 83.8 Å². The lowest BCUT2D eigenvalue weighted by molar-refractivity contribution is -0.137. The van der Waals surface area contributed by atoms with Crippen molar-refractivity contribution in [3.63, 3.8) is 0 Å². The molecule has 1 aliphatic heterocycles. The summed E-state index contributed by atoms with van der Waals surface area (Å²) < 4.78 is 5.89. The minimum absolute atomic E-state index is 0.0572. The second-order valence-electron chi connectivity index (χ2n) is 7.48. The highest BCUT2D eigenvalue weighted by Gasteiger charge is 2.30. The quantitative estimate of drug-likeness (QED) is 0.454. The SMILES string of the molecule is O=C(O)CC(c1ccccc1)C1C=Nc2cc(OCCCNc3ccccn3)ccc21. The monoisotopic (exact) mass is 415 g/mol. The van der Waals surface area contributed by atoms with Gasteiger partial charge in [0.05, 0.1) is 18.7 Å². The van der Waals surface area contributed by atoms with Crippen LogP contribution >= 0.6 is 0 Å². The molecule has 0 amide bonds. The van der Waals surface area contributed by atoms with Gasteiger partial charge in [0, 0.05) is 36.9 Å². The van der Waals surface area contributed by atoms with E-state index in [9.17, 15) is 9.90 Å². The predicted octanol–water partition coefficient (Wildman–Crippen LogP) is 5.02. The van der Waals surface area contributed by atoms with E-state index >= 15 is 0 Å². The predicted molar refractivity (Wildman–Crippen MR) is 122 cm³/mol. The number of carbonyl (C=O) groups is 1. The van der Waals surface area contributed by atoms with Crippen molar-refractivity contribution in [3.8, 4) is 5.75 Å². The number of carboxylic acids is 1. The highest BCUT2D eigenvalue weighted by Crippen LogP contribution is 2.43. The fourth-order valence-corrected chi connectivity index (χ4v) is 3.85. The van der Waals surface area contributed by atoms with Gasteiger partial charge in [-0.3, -0.25) is 9.79 Å². The van der Waals surface area contributed by atoms with Gasteiger partial charge in [-0.2, -0.15) is 0 Å². The summed E-state index contributed by atoms with van der Waals surface area (Å²) in [4.78, 5) is 20.3. The van der Waals surface area contributed by atoms with Gasteiger partial charge in [-0.25, -0.2) is 4.98 Å². The highest BCUT2D eigenvalue weighted by atomic mass is 16.5. The van der Waals surface area contributed by atoms with Crippen molar-refractivity contribution in [1.82, 2.24) is 4.98 Å². The molecule has 1 aromatic heterocycles. The molecule has 6 nitrogen and oxygen atoms in total. The molecule has 2 aromatic carbocycles. The first-order valence-corrected chi connectivity index (χ1v) is 10.4. The number of anilines is 1. The van der Waals surface area contributed by atoms with Crippen LogP contribution in [0.5, 0.6) is 5.75 Å². The van der Waals surface area contributed by atoms with Crippen LogP contribution in [0, 0.1) is 0 Å². The number of fused-ring (bicyclic) bond motifs is 1. The van der Waals surface area contributed by atoms with Crippen molar-refractivity contribution < 1.29 is 14.6 Å². The number of ether oxygens (including phenoxy) is 1. The molecule has 31 heavy (non-hydrogen) atoms. The molecular formula is C25H25N3O3. The Morgan fingerprint density at radius 2 is 1.94 bits per heavy atom. The van der Waals surface area contributed by atoms with Crippen molar-refractivity contribution in [2.75, 3.05) is 18.5 Å². The Labute approximate surface area is 181 Å². The van der Waals surface area contributed by atoms with E-state index in [1.807, 2.05) is 72.9 Å². The first-order chi connectivity index (χ1) is 15.2. The fraction of sp³-hybridized carbons (Fsp3) is 0.240. The molecule has 0 saturated heterocycles. The van der Waals surface area contributed by atoms with Gasteiger partial charge in [-0.15, -0.1) is 0 Å². The van der Waals surface area contributed by atoms with Crippen molar-refractivity contribution in [3.05, 3.63) is 84.1 Å². The Hall–Kier alpha value is -3.67. The summed E-state index contributed by atoms with van der Waals surface area (Å²) in [6.45, 7) is 1.35. The lowest BCUT2D eigenvalue weighted by Crippen LogP contribution is -2.15. The van der Waals surface area contributed by atoms with Gasteiger partial charge >= 0.3 is 5.97 Å². The molecular weight excluding hydrogens is 390 g/mol. The van der Waals surface area contributed by atoms with E-state index in [1.165, 1.54) is 0 Å². The minimum atomic E-state index is -0.810. The average molecular weight is 415 g/mol. The van der Waals surface area contributed by atoms with Gasteiger partial charge in [0.25, 0.3) is 0 Å². The summed E-state index contributed by atoms with van der Waals surface area (Å²) in [5.74, 6) is 0.590. The molecule has 4 rings (SSSR count). The number of pyridine rings is 1. The van der Waals surface area contributed by atoms with Crippen LogP contribution in [0.2, 0.25) is 0 Å². The summed E-state index contributed by atoms with van der Waals surface area (Å²) in [6, 6.07) is 21.4. The maximum Gasteiger partial charge on any atom is 0.303 e. The lowest BCUT2D eigenvalue weighted by Gasteiger charge is -2.22. The molecule has 2 heterocycles. The smallest absolute Gasteiger partial charge is 0.303 e. The zero-order valence-corrected chi connectivity index (χ0v) is 17.1. The maximum atomic E-state index is 11.5. The molecule has 0 radical (unpaired) electrons. The maximum absolute atomic E-state index is 11.5. The van der Waals surface area contributed by atoms with E-state index in [0.29, 0.717) is 6.61 Å². The average Bonchev–Trinajstić information content (AvgIpc) is 3.21. The van der Waals surface area contributed by atoms with Crippen LogP contribution in [-0.4, -0.2) is 35.4 Å². The van der Waals surface area contributed by atoms with Crippen molar-refractivity contribution in [1.29, 1.82) is 0 Å². The van der Waals surface area contributed by atoms with Gasteiger partial charge < -0.3 is 15.2 Å². The van der Waals surface area contributed by atoms with Crippen LogP contribution in [0.1, 0.15) is 35.8 Å². The molecule has 0 aliphatic carbocycles. The molecule has 2 atom stereocenters. The number of aliphatic carboxylic acids is 1. The van der Waals surface area contributed by atoms with Crippen LogP contribution in [0.4, 0.5) is 11.5 Å². The number of hydrogen-bond acceptors (Lipinski definition) is 5. The zero-order chi connectivity index (χ0) is 21.5. The Balaban J connectivity index is 1.37. The summed E-state index contributed by atoms with van der Waals surface area (Å²) in [5, 5.41) is 12.7. The molecule has 2 N–H and O–H groups in total. The molecule has 0 bridgehead atoms. The van der Waals surface area contributed by atoms with E-state index in [4.69, 9.17) is 4.74 Å². The van der Waals surface area contributed by atoms with E-state index in [-0.39, 0.29) is 18.3 Å². The molecule has 1 aliphatic rings. The third-order valence-electron chi connectivity index (χ3n) is 5.35. The van der Waals surface area contributed by atoms with Crippen molar-refractivity contribution in [2.24, 2.45) is 4.99 Å². The van der Waals surface area contributed by atoms with Crippen LogP contribution in [-0.2, 0) is 4.79 Å². The van der Waals surface area contributed by atoms with Gasteiger partial charge in [0.1, 0.15) is 11.6 Å². The first-order valence-electron chi connectivity index (χ1n) is 10.4. The van der Waals surface area contributed by atoms with E-state index in [2.05, 4.69) is 15.3 Å². The van der Waals surface area contributed by atoms with Crippen LogP contribution < -0.4 is 10.1 Å². The van der Waals surface area contributed by atoms with Crippen LogP contribution in [0.3, 0.4) is 0 Å². The van der Waals surface area contributed by atoms with Gasteiger partial charge in [0.2, 0.25) is 0 Å². The number of aromatic nitrogens is 1. The number of carboxylic acid groups (broad SMARTS) is 1. The summed E-state index contributed by atoms with van der Waals surface area (Å²) in [5.41, 5.74) is 2.90. The van der Waals surface area contributed by atoms with Crippen molar-refractivity contribution >= 4 is 23.7 Å². The normalized spacial score (nSPS) is 15.3. The zero-order valence-electron chi connectivity index (χ0n) is 17.1. The highest BCUT2D eigenvalue weighted by molar-refractivity contribution is 5.83. The third-order valence-corrected chi connectivity index (χ3v) is 5.35. The Morgan fingerprint density at radius 3 is 2.71 bits per heavy atom. The van der Waals surface area contributed by atoms with Gasteiger partial charge in [-0.1, -0.05) is 42.5 Å². The van der Waals surface area contributed by atoms with Crippen LogP contribution in [0.15, 0.2) is 77.9 Å². The van der Waals surface area contributed by atoms with Gasteiger partial charge in [-0.05, 0) is 35.7 Å². The molecule has 0 spiro atoms. The standard InChI is InChI=1S/C25H25N3O3/c29-25(30)16-21(18-7-2-1-3-8-18)22-17-28-23-15-19(10-11-20(22)23)31-14-6-13-27-24-9-4-5-12-26-24/h1-5,7-12,15,17,21-22H,6,13-14,16H2,(H,26,27)(H,29,30). The molecule has 3 aromatic rings. The largest absolute Gasteiger partial charge is 0.493 e. The number of nitrogens with one attached hydrogen (secondary N) is 1. The third kappa shape index (κ3) is 5.28. The van der Waals surface area contributed by atoms with E-state index < -0.39 is 5.97 Å². The lowest BCUT2D eigenvalue weighted by atomic mass is 9.80.